The van der Waals surface area contributed by atoms with E-state index >= 15 is 0 Å². The standard InChI is InChI=1S/C17H12F2N3O2/c18-15(19)17-21-16(22-24-17)12-6-8-13(9-7-12)20-14(23)10-11-4-2-1-3-5-11/h1-4,6-9,15H,10H2,(H,20,23). The highest BCUT2D eigenvalue weighted by Crippen LogP contribution is 2.22. The predicted octanol–water partition coefficient (Wildman–Crippen LogP) is 3.66. The Labute approximate surface area is 136 Å². The van der Waals surface area contributed by atoms with Gasteiger partial charge in [-0.3, -0.25) is 4.79 Å². The van der Waals surface area contributed by atoms with Crippen LogP contribution in [0.1, 0.15) is 17.9 Å². The third kappa shape index (κ3) is 3.81. The highest BCUT2D eigenvalue weighted by Gasteiger charge is 2.17. The van der Waals surface area contributed by atoms with Crippen molar-refractivity contribution in [3.63, 3.8) is 0 Å². The first kappa shape index (κ1) is 15.8. The van der Waals surface area contributed by atoms with Gasteiger partial charge in [0.1, 0.15) is 0 Å². The van der Waals surface area contributed by atoms with Crippen LogP contribution in [0.15, 0.2) is 53.1 Å². The van der Waals surface area contributed by atoms with Crippen LogP contribution in [0, 0.1) is 6.07 Å². The van der Waals surface area contributed by atoms with Crippen LogP contribution in [0.5, 0.6) is 0 Å². The van der Waals surface area contributed by atoms with Crippen LogP contribution >= 0.6 is 0 Å². The molecule has 1 radical (unpaired) electrons. The number of nitrogens with zero attached hydrogens (tertiary/aromatic N) is 2. The van der Waals surface area contributed by atoms with Crippen LogP contribution in [0.3, 0.4) is 0 Å². The number of rotatable bonds is 5. The summed E-state index contributed by atoms with van der Waals surface area (Å²) < 4.78 is 29.3. The number of aromatic nitrogens is 2. The summed E-state index contributed by atoms with van der Waals surface area (Å²) in [7, 11) is 0. The van der Waals surface area contributed by atoms with Crippen LogP contribution in [0.25, 0.3) is 11.4 Å². The molecular weight excluding hydrogens is 316 g/mol. The van der Waals surface area contributed by atoms with E-state index in [0.29, 0.717) is 11.3 Å². The summed E-state index contributed by atoms with van der Waals surface area (Å²) >= 11 is 0. The van der Waals surface area contributed by atoms with Gasteiger partial charge in [-0.1, -0.05) is 29.4 Å². The Morgan fingerprint density at radius 3 is 2.62 bits per heavy atom. The molecule has 5 nitrogen and oxygen atoms in total. The van der Waals surface area contributed by atoms with Gasteiger partial charge in [0, 0.05) is 11.3 Å². The maximum Gasteiger partial charge on any atom is 0.315 e. The zero-order valence-corrected chi connectivity index (χ0v) is 12.4. The molecule has 0 spiro atoms. The van der Waals surface area contributed by atoms with Crippen LogP contribution in [-0.4, -0.2) is 16.0 Å². The van der Waals surface area contributed by atoms with Crippen LogP contribution in [0.4, 0.5) is 14.5 Å². The number of benzene rings is 2. The minimum Gasteiger partial charge on any atom is -0.333 e. The number of hydrogen-bond donors (Lipinski definition) is 1. The van der Waals surface area contributed by atoms with Crippen molar-refractivity contribution in [2.45, 2.75) is 12.8 Å². The van der Waals surface area contributed by atoms with Gasteiger partial charge < -0.3 is 9.84 Å². The molecular formula is C17H12F2N3O2. The molecule has 24 heavy (non-hydrogen) atoms. The third-order valence-corrected chi connectivity index (χ3v) is 3.18. The van der Waals surface area contributed by atoms with E-state index in [1.165, 1.54) is 0 Å². The highest BCUT2D eigenvalue weighted by atomic mass is 19.3. The van der Waals surface area contributed by atoms with Crippen molar-refractivity contribution in [1.82, 2.24) is 10.1 Å². The van der Waals surface area contributed by atoms with Crippen molar-refractivity contribution in [2.75, 3.05) is 5.32 Å². The van der Waals surface area contributed by atoms with Crippen molar-refractivity contribution in [1.29, 1.82) is 0 Å². The number of carbonyl (C=O) groups is 1. The van der Waals surface area contributed by atoms with Gasteiger partial charge >= 0.3 is 6.43 Å². The Bertz CT molecular complexity index is 817. The molecule has 0 atom stereocenters. The Kier molecular flexibility index (Phi) is 4.60. The minimum atomic E-state index is -2.81. The molecule has 0 saturated carbocycles. The average Bonchev–Trinajstić information content (AvgIpc) is 3.07. The second-order valence-electron chi connectivity index (χ2n) is 4.95. The van der Waals surface area contributed by atoms with E-state index < -0.39 is 12.3 Å². The van der Waals surface area contributed by atoms with Gasteiger partial charge in [0.15, 0.2) is 0 Å². The second kappa shape index (κ2) is 6.99. The molecule has 1 aromatic heterocycles. The van der Waals surface area contributed by atoms with Crippen molar-refractivity contribution in [3.05, 3.63) is 66.1 Å². The number of alkyl halides is 2. The summed E-state index contributed by atoms with van der Waals surface area (Å²) in [6.07, 6.45) is -2.59. The predicted molar refractivity (Wildman–Crippen MR) is 82.3 cm³/mol. The molecule has 2 aromatic carbocycles. The Balaban J connectivity index is 1.64. The lowest BCUT2D eigenvalue weighted by atomic mass is 10.1. The largest absolute Gasteiger partial charge is 0.333 e. The molecule has 0 saturated heterocycles. The highest BCUT2D eigenvalue weighted by molar-refractivity contribution is 5.92. The molecule has 3 rings (SSSR count). The molecule has 0 unspecified atom stereocenters. The third-order valence-electron chi connectivity index (χ3n) is 3.18. The summed E-state index contributed by atoms with van der Waals surface area (Å²) in [5.74, 6) is -0.826. The van der Waals surface area contributed by atoms with E-state index in [4.69, 9.17) is 0 Å². The van der Waals surface area contributed by atoms with Crippen LogP contribution < -0.4 is 5.32 Å². The lowest BCUT2D eigenvalue weighted by molar-refractivity contribution is -0.115. The van der Waals surface area contributed by atoms with E-state index in [1.807, 2.05) is 18.2 Å². The van der Waals surface area contributed by atoms with Gasteiger partial charge in [0.05, 0.1) is 6.42 Å². The first-order chi connectivity index (χ1) is 11.6. The SMILES string of the molecule is O=C(Cc1[c]cccc1)Nc1ccc(-c2noc(C(F)F)n2)cc1. The lowest BCUT2D eigenvalue weighted by Gasteiger charge is -2.05. The zero-order chi connectivity index (χ0) is 16.9. The van der Waals surface area contributed by atoms with E-state index in [-0.39, 0.29) is 18.2 Å². The van der Waals surface area contributed by atoms with E-state index in [1.54, 1.807) is 30.3 Å². The molecule has 121 valence electrons. The topological polar surface area (TPSA) is 68.0 Å². The molecule has 0 aliphatic rings. The lowest BCUT2D eigenvalue weighted by Crippen LogP contribution is -2.14. The molecule has 3 aromatic rings. The van der Waals surface area contributed by atoms with Crippen molar-refractivity contribution in [2.24, 2.45) is 0 Å². The van der Waals surface area contributed by atoms with Gasteiger partial charge in [0.25, 0.3) is 5.89 Å². The molecule has 1 heterocycles. The summed E-state index contributed by atoms with van der Waals surface area (Å²) in [6.45, 7) is 0. The number of carbonyl (C=O) groups excluding carboxylic acids is 1. The van der Waals surface area contributed by atoms with Crippen molar-refractivity contribution >= 4 is 11.6 Å². The fourth-order valence-electron chi connectivity index (χ4n) is 2.06. The normalized spacial score (nSPS) is 10.8. The fraction of sp³-hybridized carbons (Fsp3) is 0.118. The summed E-state index contributed by atoms with van der Waals surface area (Å²) in [5, 5.41) is 6.25. The molecule has 1 amide bonds. The van der Waals surface area contributed by atoms with E-state index in [9.17, 15) is 13.6 Å². The molecule has 0 aliphatic carbocycles. The van der Waals surface area contributed by atoms with Crippen molar-refractivity contribution < 1.29 is 18.1 Å². The smallest absolute Gasteiger partial charge is 0.315 e. The molecule has 1 N–H and O–H groups in total. The number of amides is 1. The van der Waals surface area contributed by atoms with Gasteiger partial charge in [-0.25, -0.2) is 0 Å². The van der Waals surface area contributed by atoms with Crippen LogP contribution in [-0.2, 0) is 11.2 Å². The number of nitrogens with one attached hydrogen (secondary N) is 1. The zero-order valence-electron chi connectivity index (χ0n) is 12.4. The molecule has 0 aliphatic heterocycles. The quantitative estimate of drug-likeness (QED) is 0.776. The second-order valence-corrected chi connectivity index (χ2v) is 4.95. The number of halogens is 2. The Morgan fingerprint density at radius 1 is 1.21 bits per heavy atom. The molecule has 0 fully saturated rings. The minimum absolute atomic E-state index is 0.0714. The Morgan fingerprint density at radius 2 is 2.00 bits per heavy atom. The van der Waals surface area contributed by atoms with Gasteiger partial charge in [-0.15, -0.1) is 0 Å². The number of anilines is 1. The monoisotopic (exact) mass is 328 g/mol. The average molecular weight is 328 g/mol. The fourth-order valence-corrected chi connectivity index (χ4v) is 2.06. The molecule has 7 heteroatoms. The summed E-state index contributed by atoms with van der Waals surface area (Å²) in [6, 6.07) is 16.7. The van der Waals surface area contributed by atoms with Gasteiger partial charge in [-0.2, -0.15) is 13.8 Å². The van der Waals surface area contributed by atoms with Crippen molar-refractivity contribution in [3.8, 4) is 11.4 Å². The maximum atomic E-state index is 12.4. The van der Waals surface area contributed by atoms with Gasteiger partial charge in [0.2, 0.25) is 11.7 Å². The number of hydrogen-bond acceptors (Lipinski definition) is 4. The van der Waals surface area contributed by atoms with E-state index in [2.05, 4.69) is 26.0 Å². The maximum absolute atomic E-state index is 12.4. The van der Waals surface area contributed by atoms with E-state index in [0.717, 1.165) is 5.56 Å². The molecule has 0 bridgehead atoms. The summed E-state index contributed by atoms with van der Waals surface area (Å²) in [5.41, 5.74) is 1.88. The Hall–Kier alpha value is -3.09. The van der Waals surface area contributed by atoms with Crippen LogP contribution in [0.2, 0.25) is 0 Å². The first-order valence-corrected chi connectivity index (χ1v) is 7.09. The van der Waals surface area contributed by atoms with Gasteiger partial charge in [-0.05, 0) is 35.9 Å². The first-order valence-electron chi connectivity index (χ1n) is 7.09. The summed E-state index contributed by atoms with van der Waals surface area (Å²) in [4.78, 5) is 15.6.